The van der Waals surface area contributed by atoms with Gasteiger partial charge in [0, 0.05) is 67.7 Å². The van der Waals surface area contributed by atoms with Crippen LogP contribution < -0.4 is 0 Å². The molecule has 2 N–H and O–H groups in total. The zero-order valence-electron chi connectivity index (χ0n) is 37.9. The minimum atomic E-state index is -0.715. The van der Waals surface area contributed by atoms with Crippen LogP contribution in [0.5, 0.6) is 0 Å². The van der Waals surface area contributed by atoms with Crippen molar-refractivity contribution in [2.75, 3.05) is 26.3 Å². The molecule has 0 radical (unpaired) electrons. The van der Waals surface area contributed by atoms with E-state index in [0.717, 1.165) is 81.5 Å². The van der Waals surface area contributed by atoms with Crippen LogP contribution in [0.1, 0.15) is 142 Å². The van der Waals surface area contributed by atoms with Crippen molar-refractivity contribution in [1.29, 1.82) is 0 Å². The van der Waals surface area contributed by atoms with Gasteiger partial charge in [0.05, 0.1) is 29.2 Å². The number of ether oxygens (including phenoxy) is 2. The predicted octanol–water partition coefficient (Wildman–Crippen LogP) is 8.76. The van der Waals surface area contributed by atoms with Gasteiger partial charge in [-0.15, -0.1) is 0 Å². The van der Waals surface area contributed by atoms with E-state index in [1.54, 1.807) is 0 Å². The quantitative estimate of drug-likeness (QED) is 0.276. The summed E-state index contributed by atoms with van der Waals surface area (Å²) in [6.45, 7) is 23.0. The van der Waals surface area contributed by atoms with Gasteiger partial charge in [0.1, 0.15) is 11.9 Å². The summed E-state index contributed by atoms with van der Waals surface area (Å²) in [5.74, 6) is 0.851. The molecule has 324 valence electrons. The van der Waals surface area contributed by atoms with E-state index in [2.05, 4.69) is 77.8 Å². The van der Waals surface area contributed by atoms with Gasteiger partial charge in [-0.2, -0.15) is 0 Å². The number of carbonyl (C=O) groups excluding carboxylic acids is 2. The third kappa shape index (κ3) is 5.84. The van der Waals surface area contributed by atoms with Gasteiger partial charge < -0.3 is 24.6 Å². The molecule has 5 heterocycles. The van der Waals surface area contributed by atoms with Gasteiger partial charge in [-0.1, -0.05) is 65.3 Å². The Hall–Kier alpha value is -2.91. The van der Waals surface area contributed by atoms with E-state index in [9.17, 15) is 15.0 Å². The Morgan fingerprint density at radius 3 is 2.40 bits per heavy atom. The normalized spacial score (nSPS) is 41.0. The van der Waals surface area contributed by atoms with Crippen molar-refractivity contribution in [2.24, 2.45) is 49.8 Å². The fourth-order valence-corrected chi connectivity index (χ4v) is 15.8. The van der Waals surface area contributed by atoms with Crippen molar-refractivity contribution in [3.8, 4) is 0 Å². The number of benzene rings is 1. The largest absolute Gasteiger partial charge is 0.392 e. The van der Waals surface area contributed by atoms with Crippen LogP contribution in [-0.4, -0.2) is 83.1 Å². The number of aliphatic hydroxyl groups is 2. The molecule has 10 atom stereocenters. The molecule has 9 aliphatic rings. The summed E-state index contributed by atoms with van der Waals surface area (Å²) in [5, 5.41) is 25.4. The van der Waals surface area contributed by atoms with Gasteiger partial charge in [-0.3, -0.25) is 14.6 Å². The van der Waals surface area contributed by atoms with Crippen molar-refractivity contribution >= 4 is 17.8 Å². The van der Waals surface area contributed by atoms with Crippen molar-refractivity contribution in [1.82, 2.24) is 4.90 Å². The number of hydrogen-bond donors (Lipinski definition) is 2. The van der Waals surface area contributed by atoms with Gasteiger partial charge in [-0.05, 0) is 140 Å². The minimum absolute atomic E-state index is 0.0823. The third-order valence-electron chi connectivity index (χ3n) is 18.9. The van der Waals surface area contributed by atoms with E-state index < -0.39 is 34.1 Å². The molecule has 1 aromatic carbocycles. The third-order valence-corrected chi connectivity index (χ3v) is 18.9. The molecule has 0 bridgehead atoms. The van der Waals surface area contributed by atoms with Crippen LogP contribution >= 0.6 is 0 Å². The van der Waals surface area contributed by atoms with E-state index in [1.165, 1.54) is 33.5 Å². The predicted molar refractivity (Wildman–Crippen MR) is 233 cm³/mol. The summed E-state index contributed by atoms with van der Waals surface area (Å²) in [4.78, 5) is 36.5. The van der Waals surface area contributed by atoms with Crippen LogP contribution in [0.2, 0.25) is 0 Å². The topological polar surface area (TPSA) is 112 Å². The number of nitrogens with zero attached hydrogens (tertiary/aromatic N) is 2. The van der Waals surface area contributed by atoms with Crippen LogP contribution in [0.3, 0.4) is 0 Å². The molecule has 1 aromatic rings. The Labute approximate surface area is 358 Å². The van der Waals surface area contributed by atoms with E-state index >= 15 is 4.79 Å². The Balaban J connectivity index is 1.09. The molecule has 4 aliphatic carbocycles. The lowest BCUT2D eigenvalue weighted by molar-refractivity contribution is -0.219. The molecule has 5 fully saturated rings. The number of aliphatic hydroxyl groups excluding tert-OH is 2. The molecule has 10 rings (SSSR count). The fraction of sp³-hybridized carbons (Fsp3) is 0.712. The summed E-state index contributed by atoms with van der Waals surface area (Å²) in [6, 6.07) is 7.12. The van der Waals surface area contributed by atoms with Crippen LogP contribution in [0.25, 0.3) is 0 Å². The maximum Gasteiger partial charge on any atom is 0.160 e. The number of rotatable bonds is 6. The number of aliphatic imine (C=N–C) groups is 1. The number of fused-ring (bicyclic) bond motifs is 4. The maximum atomic E-state index is 15.2. The van der Waals surface area contributed by atoms with Gasteiger partial charge in [0.15, 0.2) is 5.78 Å². The summed E-state index contributed by atoms with van der Waals surface area (Å²) in [7, 11) is 0. The summed E-state index contributed by atoms with van der Waals surface area (Å²) in [6.07, 6.45) is 8.73. The van der Waals surface area contributed by atoms with Crippen LogP contribution in [0.15, 0.2) is 56.9 Å². The molecule has 5 aliphatic heterocycles. The number of Topliss-reactive ketones (excluding diaryl/α,β-unsaturated/α-hetero) is 2. The Kier molecular flexibility index (Phi) is 9.29. The van der Waals surface area contributed by atoms with Crippen molar-refractivity contribution in [2.45, 2.75) is 163 Å². The molecule has 8 nitrogen and oxygen atoms in total. The molecule has 10 unspecified atom stereocenters. The molecule has 0 spiro atoms. The average molecular weight is 819 g/mol. The van der Waals surface area contributed by atoms with Crippen LogP contribution in [0.4, 0.5) is 0 Å². The molecular formula is C52H70N2O6. The fourth-order valence-electron chi connectivity index (χ4n) is 15.8. The first-order valence-corrected chi connectivity index (χ1v) is 23.5. The van der Waals surface area contributed by atoms with E-state index in [4.69, 9.17) is 14.5 Å². The van der Waals surface area contributed by atoms with Crippen molar-refractivity contribution in [3.63, 3.8) is 0 Å². The first-order valence-electron chi connectivity index (χ1n) is 23.5. The zero-order valence-corrected chi connectivity index (χ0v) is 37.9. The summed E-state index contributed by atoms with van der Waals surface area (Å²) < 4.78 is 11.7. The highest BCUT2D eigenvalue weighted by Crippen LogP contribution is 2.75. The van der Waals surface area contributed by atoms with Crippen LogP contribution in [-0.2, 0) is 25.5 Å². The minimum Gasteiger partial charge on any atom is -0.392 e. The Morgan fingerprint density at radius 1 is 0.950 bits per heavy atom. The second-order valence-electron chi connectivity index (χ2n) is 23.2. The smallest absolute Gasteiger partial charge is 0.160 e. The zero-order chi connectivity index (χ0) is 42.5. The van der Waals surface area contributed by atoms with Gasteiger partial charge in [-0.25, -0.2) is 0 Å². The number of ketones is 2. The summed E-state index contributed by atoms with van der Waals surface area (Å²) >= 11 is 0. The van der Waals surface area contributed by atoms with E-state index in [1.807, 2.05) is 13.8 Å². The average Bonchev–Trinajstić information content (AvgIpc) is 3.43. The summed E-state index contributed by atoms with van der Waals surface area (Å²) in [5.41, 5.74) is 8.29. The monoisotopic (exact) mass is 819 g/mol. The highest BCUT2D eigenvalue weighted by molar-refractivity contribution is 6.02. The molecule has 2 saturated heterocycles. The standard InChI is InChI=1S/C52H70N2O6/c1-29-20-30(22-33(21-29)31-13-18-59-19-14-31)23-34-27-54-28-35-40-41(49(6,24-37(56)46-48(4,5)60-46)15-10-32-26-53-42(34)43(32)54)36(55)25-52(40,9)51(8)17-11-38-47(2,3)39(57)12-16-50(38,7)45(51)44(35)58/h20-22,26,31,35,37-38,44-46,56,58H,10-19,23-25,27-28H2,1-9H3. The number of aryl methyl sites for hydroxylation is 1. The molecule has 3 saturated carbocycles. The SMILES string of the molecule is Cc1cc(CC2=C3N=CC4=C3N(C2)CC2C3=C(C(=O)CC3(C)C3(C)CCC5C(C)(C)C(=O)CCC5(C)C3C2O)C(C)(CC(O)C2OC2(C)C)CC4)cc(C2CCOCC2)c1. The highest BCUT2D eigenvalue weighted by atomic mass is 16.6. The van der Waals surface area contributed by atoms with Gasteiger partial charge in [0.25, 0.3) is 0 Å². The molecule has 60 heavy (non-hydrogen) atoms. The van der Waals surface area contributed by atoms with E-state index in [0.29, 0.717) is 43.9 Å². The van der Waals surface area contributed by atoms with Crippen LogP contribution in [0, 0.1) is 51.8 Å². The lowest BCUT2D eigenvalue weighted by Crippen LogP contribution is -2.68. The second kappa shape index (κ2) is 13.5. The molecule has 0 amide bonds. The molecule has 0 aromatic heterocycles. The highest BCUT2D eigenvalue weighted by Gasteiger charge is 2.73. The lowest BCUT2D eigenvalue weighted by Gasteiger charge is -2.70. The maximum absolute atomic E-state index is 15.2. The first-order chi connectivity index (χ1) is 28.2. The number of carbonyl (C=O) groups is 2. The molecular weight excluding hydrogens is 749 g/mol. The van der Waals surface area contributed by atoms with E-state index in [-0.39, 0.29) is 40.5 Å². The molecule has 8 heteroatoms. The van der Waals surface area contributed by atoms with Gasteiger partial charge in [0.2, 0.25) is 0 Å². The lowest BCUT2D eigenvalue weighted by atomic mass is 9.34. The first kappa shape index (κ1) is 41.1. The number of epoxide rings is 1. The van der Waals surface area contributed by atoms with Crippen molar-refractivity contribution < 1.29 is 29.3 Å². The number of hydrogen-bond acceptors (Lipinski definition) is 8. The Bertz CT molecular complexity index is 2170. The second-order valence-corrected chi connectivity index (χ2v) is 23.2. The van der Waals surface area contributed by atoms with Crippen molar-refractivity contribution in [3.05, 3.63) is 68.6 Å². The number of allylic oxidation sites excluding steroid dienone is 2. The Morgan fingerprint density at radius 2 is 1.68 bits per heavy atom. The van der Waals surface area contributed by atoms with Gasteiger partial charge >= 0.3 is 0 Å².